The lowest BCUT2D eigenvalue weighted by Gasteiger charge is -2.25. The molecule has 1 nitrogen and oxygen atoms in total. The van der Waals surface area contributed by atoms with Gasteiger partial charge in [-0.25, -0.2) is 0 Å². The highest BCUT2D eigenvalue weighted by molar-refractivity contribution is 6.83. The second kappa shape index (κ2) is 5.85. The van der Waals surface area contributed by atoms with E-state index in [0.717, 1.165) is 6.61 Å². The Morgan fingerprint density at radius 2 is 1.82 bits per heavy atom. The van der Waals surface area contributed by atoms with Gasteiger partial charge in [-0.1, -0.05) is 50.6 Å². The van der Waals surface area contributed by atoms with Gasteiger partial charge in [-0.2, -0.15) is 0 Å². The molecule has 0 saturated carbocycles. The molecule has 0 aromatic carbocycles. The maximum Gasteiger partial charge on any atom is 0.0721 e. The van der Waals surface area contributed by atoms with E-state index in [1.165, 1.54) is 25.3 Å². The van der Waals surface area contributed by atoms with Crippen molar-refractivity contribution in [1.82, 2.24) is 0 Å². The summed E-state index contributed by atoms with van der Waals surface area (Å²) in [6.07, 6.45) is 6.85. The molecule has 0 aromatic rings. The molecule has 100 valence electrons. The van der Waals surface area contributed by atoms with Crippen LogP contribution < -0.4 is 0 Å². The zero-order chi connectivity index (χ0) is 13.1. The molecular weight excluding hydrogens is 240 g/mol. The standard InChI is InChI=1S/C14H30OSi2/c1-16(2,3)11-9-14(17(4,5)6)12-13-8-7-10-15-13/h9,13H,7-8,10-12H2,1-6H3/b14-9+/t13-/m1/s1. The number of rotatable bonds is 5. The summed E-state index contributed by atoms with van der Waals surface area (Å²) in [6, 6.07) is 1.33. The zero-order valence-corrected chi connectivity index (χ0v) is 14.6. The summed E-state index contributed by atoms with van der Waals surface area (Å²) < 4.78 is 5.80. The summed E-state index contributed by atoms with van der Waals surface area (Å²) in [5.74, 6) is 0. The van der Waals surface area contributed by atoms with Crippen molar-refractivity contribution < 1.29 is 4.74 Å². The highest BCUT2D eigenvalue weighted by Gasteiger charge is 2.25. The molecule has 0 aliphatic carbocycles. The van der Waals surface area contributed by atoms with Gasteiger partial charge in [-0.05, 0) is 25.3 Å². The van der Waals surface area contributed by atoms with Crippen LogP contribution >= 0.6 is 0 Å². The second-order valence-corrected chi connectivity index (χ2v) is 18.3. The topological polar surface area (TPSA) is 9.23 Å². The Kier molecular flexibility index (Phi) is 5.23. The molecule has 17 heavy (non-hydrogen) atoms. The predicted octanol–water partition coefficient (Wildman–Crippen LogP) is 4.70. The lowest BCUT2D eigenvalue weighted by molar-refractivity contribution is 0.112. The van der Waals surface area contributed by atoms with Crippen LogP contribution in [-0.4, -0.2) is 28.9 Å². The predicted molar refractivity (Wildman–Crippen MR) is 83.2 cm³/mol. The van der Waals surface area contributed by atoms with Crippen molar-refractivity contribution in [1.29, 1.82) is 0 Å². The van der Waals surface area contributed by atoms with Crippen LogP contribution in [0.5, 0.6) is 0 Å². The van der Waals surface area contributed by atoms with Crippen molar-refractivity contribution in [2.75, 3.05) is 6.61 Å². The summed E-state index contributed by atoms with van der Waals surface area (Å²) >= 11 is 0. The third-order valence-electron chi connectivity index (χ3n) is 3.40. The van der Waals surface area contributed by atoms with Crippen LogP contribution in [0.4, 0.5) is 0 Å². The molecule has 1 fully saturated rings. The Hall–Kier alpha value is 0.134. The first-order chi connectivity index (χ1) is 7.68. The molecule has 3 heteroatoms. The van der Waals surface area contributed by atoms with Gasteiger partial charge in [0.05, 0.1) is 14.2 Å². The molecule has 1 rings (SSSR count). The Balaban J connectivity index is 2.66. The number of hydrogen-bond acceptors (Lipinski definition) is 1. The fourth-order valence-corrected chi connectivity index (χ4v) is 4.79. The molecule has 1 aliphatic rings. The summed E-state index contributed by atoms with van der Waals surface area (Å²) in [6.45, 7) is 15.8. The normalized spacial score (nSPS) is 23.2. The minimum atomic E-state index is -1.15. The van der Waals surface area contributed by atoms with E-state index >= 15 is 0 Å². The highest BCUT2D eigenvalue weighted by atomic mass is 28.3. The third kappa shape index (κ3) is 6.02. The molecule has 0 N–H and O–H groups in total. The molecule has 1 heterocycles. The van der Waals surface area contributed by atoms with Crippen molar-refractivity contribution in [3.8, 4) is 0 Å². The van der Waals surface area contributed by atoms with E-state index in [-0.39, 0.29) is 0 Å². The molecule has 0 aromatic heterocycles. The smallest absolute Gasteiger partial charge is 0.0721 e. The Morgan fingerprint density at radius 1 is 1.18 bits per heavy atom. The van der Waals surface area contributed by atoms with Gasteiger partial charge >= 0.3 is 0 Å². The monoisotopic (exact) mass is 270 g/mol. The van der Waals surface area contributed by atoms with Crippen molar-refractivity contribution in [3.63, 3.8) is 0 Å². The SMILES string of the molecule is C[Si](C)(C)C/C=C(\C[C@H]1CCCO1)[Si](C)(C)C. The molecule has 0 bridgehead atoms. The molecule has 0 amide bonds. The second-order valence-electron chi connectivity index (χ2n) is 7.58. The molecular formula is C14H30OSi2. The van der Waals surface area contributed by atoms with Crippen LogP contribution in [0.1, 0.15) is 19.3 Å². The Morgan fingerprint density at radius 3 is 2.24 bits per heavy atom. The Labute approximate surface area is 110 Å². The molecule has 1 atom stereocenters. The number of allylic oxidation sites excluding steroid dienone is 1. The summed E-state index contributed by atoms with van der Waals surface area (Å²) in [5.41, 5.74) is 0. The zero-order valence-electron chi connectivity index (χ0n) is 12.6. The van der Waals surface area contributed by atoms with E-state index < -0.39 is 16.1 Å². The first-order valence-corrected chi connectivity index (χ1v) is 14.2. The van der Waals surface area contributed by atoms with E-state index in [1.54, 1.807) is 5.20 Å². The molecule has 1 aliphatic heterocycles. The molecule has 0 spiro atoms. The first-order valence-electron chi connectivity index (χ1n) is 6.99. The number of ether oxygens (including phenoxy) is 1. The minimum absolute atomic E-state index is 0.523. The molecule has 1 saturated heterocycles. The van der Waals surface area contributed by atoms with Gasteiger partial charge in [-0.15, -0.1) is 0 Å². The minimum Gasteiger partial charge on any atom is -0.378 e. The van der Waals surface area contributed by atoms with E-state index in [4.69, 9.17) is 4.74 Å². The maximum atomic E-state index is 5.80. The maximum absolute atomic E-state index is 5.80. The average Bonchev–Trinajstić information content (AvgIpc) is 2.60. The van der Waals surface area contributed by atoms with Crippen molar-refractivity contribution >= 4 is 16.1 Å². The van der Waals surface area contributed by atoms with Crippen LogP contribution in [-0.2, 0) is 4.74 Å². The van der Waals surface area contributed by atoms with Gasteiger partial charge in [-0.3, -0.25) is 0 Å². The van der Waals surface area contributed by atoms with Gasteiger partial charge < -0.3 is 4.74 Å². The van der Waals surface area contributed by atoms with Crippen LogP contribution in [0.3, 0.4) is 0 Å². The average molecular weight is 271 g/mol. The van der Waals surface area contributed by atoms with E-state index in [1.807, 2.05) is 0 Å². The van der Waals surface area contributed by atoms with Crippen molar-refractivity contribution in [2.24, 2.45) is 0 Å². The summed E-state index contributed by atoms with van der Waals surface area (Å²) in [5, 5.41) is 1.74. The fraction of sp³-hybridized carbons (Fsp3) is 0.857. The van der Waals surface area contributed by atoms with Crippen LogP contribution in [0.25, 0.3) is 0 Å². The quantitative estimate of drug-likeness (QED) is 0.658. The summed E-state index contributed by atoms with van der Waals surface area (Å²) in [4.78, 5) is 0. The van der Waals surface area contributed by atoms with E-state index in [9.17, 15) is 0 Å². The Bertz CT molecular complexity index is 265. The van der Waals surface area contributed by atoms with Gasteiger partial charge in [0.2, 0.25) is 0 Å². The largest absolute Gasteiger partial charge is 0.378 e. The van der Waals surface area contributed by atoms with Crippen molar-refractivity contribution in [2.45, 2.75) is 70.7 Å². The highest BCUT2D eigenvalue weighted by Crippen LogP contribution is 2.27. The van der Waals surface area contributed by atoms with Gasteiger partial charge in [0.1, 0.15) is 0 Å². The van der Waals surface area contributed by atoms with Crippen LogP contribution in [0, 0.1) is 0 Å². The van der Waals surface area contributed by atoms with E-state index in [0.29, 0.717) is 6.10 Å². The van der Waals surface area contributed by atoms with Crippen LogP contribution in [0.2, 0.25) is 45.3 Å². The molecule has 0 radical (unpaired) electrons. The fourth-order valence-electron chi connectivity index (χ4n) is 2.18. The van der Waals surface area contributed by atoms with E-state index in [2.05, 4.69) is 45.4 Å². The van der Waals surface area contributed by atoms with Crippen LogP contribution in [0.15, 0.2) is 11.3 Å². The first kappa shape index (κ1) is 15.2. The van der Waals surface area contributed by atoms with Gasteiger partial charge in [0.15, 0.2) is 0 Å². The lowest BCUT2D eigenvalue weighted by Crippen LogP contribution is -2.28. The third-order valence-corrected chi connectivity index (χ3v) is 7.16. The van der Waals surface area contributed by atoms with Gasteiger partial charge in [0, 0.05) is 14.7 Å². The molecule has 0 unspecified atom stereocenters. The number of hydrogen-bond donors (Lipinski definition) is 0. The van der Waals surface area contributed by atoms with Crippen molar-refractivity contribution in [3.05, 3.63) is 11.3 Å². The summed E-state index contributed by atoms with van der Waals surface area (Å²) in [7, 11) is -2.10. The lowest BCUT2D eigenvalue weighted by atomic mass is 10.2. The van der Waals surface area contributed by atoms with Gasteiger partial charge in [0.25, 0.3) is 0 Å².